The van der Waals surface area contributed by atoms with Gasteiger partial charge in [-0.3, -0.25) is 9.69 Å². The molecule has 23 heavy (non-hydrogen) atoms. The molecule has 0 spiro atoms. The van der Waals surface area contributed by atoms with Crippen LogP contribution in [0.2, 0.25) is 0 Å². The highest BCUT2D eigenvalue weighted by molar-refractivity contribution is 7.09. The molecule has 2 N–H and O–H groups in total. The summed E-state index contributed by atoms with van der Waals surface area (Å²) in [7, 11) is 0. The molecule has 0 bridgehead atoms. The maximum Gasteiger partial charge on any atom is 0.290 e. The summed E-state index contributed by atoms with van der Waals surface area (Å²) < 4.78 is 5.21. The minimum atomic E-state index is -0.662. The molecule has 1 aliphatic heterocycles. The van der Waals surface area contributed by atoms with Crippen LogP contribution in [0.15, 0.2) is 9.90 Å². The zero-order chi connectivity index (χ0) is 16.2. The first kappa shape index (κ1) is 16.1. The Hall–Kier alpha value is -1.80. The number of aryl methyl sites for hydroxylation is 1. The van der Waals surface area contributed by atoms with Crippen molar-refractivity contribution in [3.05, 3.63) is 27.8 Å². The van der Waals surface area contributed by atoms with Gasteiger partial charge in [0.15, 0.2) is 0 Å². The average Bonchev–Trinajstić information content (AvgIpc) is 3.25. The zero-order valence-electron chi connectivity index (χ0n) is 13.2. The monoisotopic (exact) mass is 335 g/mol. The molecule has 1 aliphatic rings. The van der Waals surface area contributed by atoms with Crippen LogP contribution in [0.5, 0.6) is 0 Å². The molecule has 1 fully saturated rings. The Labute approximate surface area is 138 Å². The van der Waals surface area contributed by atoms with Crippen molar-refractivity contribution in [1.29, 1.82) is 0 Å². The predicted octanol–water partition coefficient (Wildman–Crippen LogP) is 2.30. The fraction of sp³-hybridized carbons (Fsp3) is 0.600. The molecule has 0 radical (unpaired) electrons. The Balaban J connectivity index is 1.66. The van der Waals surface area contributed by atoms with Gasteiger partial charge in [0.2, 0.25) is 5.89 Å². The first-order valence-electron chi connectivity index (χ1n) is 7.98. The average molecular weight is 335 g/mol. The molecule has 2 aromatic rings. The topological polar surface area (TPSA) is 98.1 Å². The van der Waals surface area contributed by atoms with Gasteiger partial charge in [-0.25, -0.2) is 4.98 Å². The second-order valence-corrected chi connectivity index (χ2v) is 6.73. The third-order valence-corrected chi connectivity index (χ3v) is 4.98. The van der Waals surface area contributed by atoms with E-state index in [1.54, 1.807) is 11.3 Å². The van der Waals surface area contributed by atoms with Crippen molar-refractivity contribution in [3.63, 3.8) is 0 Å². The van der Waals surface area contributed by atoms with E-state index in [1.165, 1.54) is 17.8 Å². The Morgan fingerprint density at radius 2 is 2.39 bits per heavy atom. The van der Waals surface area contributed by atoms with Gasteiger partial charge in [0.05, 0.1) is 16.7 Å². The lowest BCUT2D eigenvalue weighted by Gasteiger charge is -2.20. The highest BCUT2D eigenvalue weighted by atomic mass is 32.1. The maximum absolute atomic E-state index is 11.1. The SMILES string of the molecule is CCCCc1nc(CN2CCCC2c2nc(C(N)=O)no2)cs1. The summed E-state index contributed by atoms with van der Waals surface area (Å²) in [5.41, 5.74) is 6.27. The van der Waals surface area contributed by atoms with Crippen LogP contribution in [0.3, 0.4) is 0 Å². The summed E-state index contributed by atoms with van der Waals surface area (Å²) in [6.45, 7) is 3.91. The van der Waals surface area contributed by atoms with Gasteiger partial charge >= 0.3 is 0 Å². The van der Waals surface area contributed by atoms with Crippen molar-refractivity contribution in [2.75, 3.05) is 6.54 Å². The molecule has 1 amide bonds. The highest BCUT2D eigenvalue weighted by Crippen LogP contribution is 2.32. The van der Waals surface area contributed by atoms with E-state index in [0.717, 1.165) is 38.0 Å². The number of carbonyl (C=O) groups is 1. The second kappa shape index (κ2) is 7.18. The first-order chi connectivity index (χ1) is 11.2. The van der Waals surface area contributed by atoms with Crippen molar-refractivity contribution in [3.8, 4) is 0 Å². The molecule has 0 aromatic carbocycles. The van der Waals surface area contributed by atoms with Crippen molar-refractivity contribution < 1.29 is 9.32 Å². The number of amides is 1. The molecule has 1 saturated heterocycles. The normalized spacial score (nSPS) is 18.6. The van der Waals surface area contributed by atoms with E-state index in [2.05, 4.69) is 27.3 Å². The molecule has 8 heteroatoms. The minimum Gasteiger partial charge on any atom is -0.363 e. The standard InChI is InChI=1S/C15H21N5O2S/c1-2-3-6-12-17-10(9-23-12)8-20-7-4-5-11(20)15-18-14(13(16)21)19-22-15/h9,11H,2-8H2,1H3,(H2,16,21). The number of rotatable bonds is 7. The maximum atomic E-state index is 11.1. The van der Waals surface area contributed by atoms with E-state index < -0.39 is 5.91 Å². The molecule has 2 aromatic heterocycles. The van der Waals surface area contributed by atoms with Crippen LogP contribution in [-0.2, 0) is 13.0 Å². The summed E-state index contributed by atoms with van der Waals surface area (Å²) >= 11 is 1.73. The summed E-state index contributed by atoms with van der Waals surface area (Å²) in [5, 5.41) is 6.97. The van der Waals surface area contributed by atoms with Crippen molar-refractivity contribution in [1.82, 2.24) is 20.0 Å². The quantitative estimate of drug-likeness (QED) is 0.833. The summed E-state index contributed by atoms with van der Waals surface area (Å²) in [5.74, 6) is -0.246. The van der Waals surface area contributed by atoms with Crippen LogP contribution in [0, 0.1) is 0 Å². The molecule has 7 nitrogen and oxygen atoms in total. The van der Waals surface area contributed by atoms with E-state index in [4.69, 9.17) is 15.2 Å². The fourth-order valence-corrected chi connectivity index (χ4v) is 3.67. The summed E-state index contributed by atoms with van der Waals surface area (Å²) in [6, 6.07) is 0.0383. The van der Waals surface area contributed by atoms with Crippen LogP contribution < -0.4 is 5.73 Å². The Kier molecular flexibility index (Phi) is 5.02. The van der Waals surface area contributed by atoms with Crippen molar-refractivity contribution >= 4 is 17.2 Å². The molecular weight excluding hydrogens is 314 g/mol. The fourth-order valence-electron chi connectivity index (χ4n) is 2.84. The van der Waals surface area contributed by atoms with E-state index in [9.17, 15) is 4.79 Å². The summed E-state index contributed by atoms with van der Waals surface area (Å²) in [6.07, 6.45) is 5.41. The second-order valence-electron chi connectivity index (χ2n) is 5.79. The number of hydrogen-bond acceptors (Lipinski definition) is 7. The van der Waals surface area contributed by atoms with E-state index in [-0.39, 0.29) is 11.9 Å². The smallest absolute Gasteiger partial charge is 0.290 e. The number of nitrogens with two attached hydrogens (primary N) is 1. The van der Waals surface area contributed by atoms with Gasteiger partial charge in [0, 0.05) is 11.9 Å². The Morgan fingerprint density at radius 1 is 1.52 bits per heavy atom. The van der Waals surface area contributed by atoms with Gasteiger partial charge < -0.3 is 10.3 Å². The third-order valence-electron chi connectivity index (χ3n) is 4.02. The number of likely N-dealkylation sites (tertiary alicyclic amines) is 1. The molecule has 3 rings (SSSR count). The lowest BCUT2D eigenvalue weighted by molar-refractivity contribution is 0.0987. The summed E-state index contributed by atoms with van der Waals surface area (Å²) in [4.78, 5) is 22.2. The molecule has 124 valence electrons. The van der Waals surface area contributed by atoms with Gasteiger partial charge in [-0.2, -0.15) is 4.98 Å². The number of nitrogens with zero attached hydrogens (tertiary/aromatic N) is 4. The number of hydrogen-bond donors (Lipinski definition) is 1. The van der Waals surface area contributed by atoms with Crippen LogP contribution in [0.25, 0.3) is 0 Å². The number of primary amides is 1. The van der Waals surface area contributed by atoms with Crippen LogP contribution in [0.4, 0.5) is 0 Å². The van der Waals surface area contributed by atoms with Gasteiger partial charge in [-0.15, -0.1) is 11.3 Å². The lowest BCUT2D eigenvalue weighted by Crippen LogP contribution is -2.23. The van der Waals surface area contributed by atoms with Gasteiger partial charge in [-0.05, 0) is 32.2 Å². The molecular formula is C15H21N5O2S. The van der Waals surface area contributed by atoms with Crippen LogP contribution in [0.1, 0.15) is 65.9 Å². The number of carbonyl (C=O) groups excluding carboxylic acids is 1. The molecule has 0 saturated carbocycles. The minimum absolute atomic E-state index is 0.0383. The van der Waals surface area contributed by atoms with E-state index in [0.29, 0.717) is 5.89 Å². The zero-order valence-corrected chi connectivity index (χ0v) is 14.0. The third kappa shape index (κ3) is 3.76. The molecule has 1 unspecified atom stereocenters. The highest BCUT2D eigenvalue weighted by Gasteiger charge is 2.31. The largest absolute Gasteiger partial charge is 0.363 e. The number of unbranched alkanes of at least 4 members (excludes halogenated alkanes) is 1. The van der Waals surface area contributed by atoms with E-state index in [1.807, 2.05) is 0 Å². The van der Waals surface area contributed by atoms with Crippen LogP contribution >= 0.6 is 11.3 Å². The molecule has 1 atom stereocenters. The lowest BCUT2D eigenvalue weighted by atomic mass is 10.2. The van der Waals surface area contributed by atoms with Crippen molar-refractivity contribution in [2.24, 2.45) is 5.73 Å². The van der Waals surface area contributed by atoms with Crippen LogP contribution in [-0.4, -0.2) is 32.5 Å². The van der Waals surface area contributed by atoms with Gasteiger partial charge in [-0.1, -0.05) is 18.5 Å². The van der Waals surface area contributed by atoms with Gasteiger partial charge in [0.1, 0.15) is 0 Å². The van der Waals surface area contributed by atoms with E-state index >= 15 is 0 Å². The number of aromatic nitrogens is 3. The Morgan fingerprint density at radius 3 is 3.13 bits per heavy atom. The van der Waals surface area contributed by atoms with Crippen molar-refractivity contribution in [2.45, 2.75) is 51.6 Å². The molecule has 3 heterocycles. The predicted molar refractivity (Wildman–Crippen MR) is 85.9 cm³/mol. The molecule has 0 aliphatic carbocycles. The van der Waals surface area contributed by atoms with Gasteiger partial charge in [0.25, 0.3) is 11.7 Å². The Bertz CT molecular complexity index is 668. The number of thiazole rings is 1. The first-order valence-corrected chi connectivity index (χ1v) is 8.86.